The quantitative estimate of drug-likeness (QED) is 0.110. The summed E-state index contributed by atoms with van der Waals surface area (Å²) in [5, 5.41) is 63.2. The van der Waals surface area contributed by atoms with Crippen LogP contribution in [0.4, 0.5) is 0 Å². The van der Waals surface area contributed by atoms with Crippen LogP contribution >= 0.6 is 0 Å². The maximum atomic E-state index is 13.2. The number of aromatic hydroxyl groups is 5. The zero-order valence-electron chi connectivity index (χ0n) is 50.5. The Balaban J connectivity index is 1.61. The van der Waals surface area contributed by atoms with Gasteiger partial charge in [0.1, 0.15) is 34.5 Å². The summed E-state index contributed by atoms with van der Waals surface area (Å²) in [5.41, 5.74) is 12.0. The average Bonchev–Trinajstić information content (AvgIpc) is 3.36. The van der Waals surface area contributed by atoms with Crippen molar-refractivity contribution in [3.8, 4) is 34.5 Å². The lowest BCUT2D eigenvalue weighted by Gasteiger charge is -2.27. The van der Waals surface area contributed by atoms with Gasteiger partial charge in [0.25, 0.3) is 0 Å². The first-order chi connectivity index (χ1) is 35.8. The monoisotopic (exact) mass is 1060 g/mol. The van der Waals surface area contributed by atoms with Gasteiger partial charge in [0, 0.05) is 38.5 Å². The van der Waals surface area contributed by atoms with E-state index in [1.807, 2.05) is 48.5 Å². The molecule has 0 saturated carbocycles. The molecule has 1 aliphatic rings. The van der Waals surface area contributed by atoms with Crippen molar-refractivity contribution in [2.24, 2.45) is 0 Å². The minimum absolute atomic E-state index is 0.0973. The summed E-state index contributed by atoms with van der Waals surface area (Å²) in [6.07, 6.45) is 1.32. The van der Waals surface area contributed by atoms with Crippen molar-refractivity contribution in [3.05, 3.63) is 173 Å². The molecule has 418 valence electrons. The zero-order chi connectivity index (χ0) is 58.0. The van der Waals surface area contributed by atoms with Crippen LogP contribution in [0.1, 0.15) is 232 Å². The van der Waals surface area contributed by atoms with E-state index in [0.29, 0.717) is 61.4 Å². The third-order valence-corrected chi connectivity index (χ3v) is 15.7. The van der Waals surface area contributed by atoms with Crippen LogP contribution in [0.25, 0.3) is 0 Å². The fourth-order valence-corrected chi connectivity index (χ4v) is 10.5. The number of carbonyl (C=O) groups is 1. The minimum Gasteiger partial charge on any atom is -0.507 e. The minimum atomic E-state index is -0.515. The predicted molar refractivity (Wildman–Crippen MR) is 318 cm³/mol. The van der Waals surface area contributed by atoms with Gasteiger partial charge in [-0.05, 0) is 140 Å². The molecule has 8 nitrogen and oxygen atoms in total. The second-order valence-corrected chi connectivity index (χ2v) is 28.5. The van der Waals surface area contributed by atoms with Crippen LogP contribution in [0.15, 0.2) is 72.8 Å². The number of esters is 1. The highest BCUT2D eigenvalue weighted by Gasteiger charge is 2.30. The maximum Gasteiger partial charge on any atom is 0.344 e. The van der Waals surface area contributed by atoms with Crippen LogP contribution in [-0.4, -0.2) is 44.7 Å². The Hall–Kier alpha value is -6.41. The van der Waals surface area contributed by atoms with E-state index in [1.54, 1.807) is 6.92 Å². The zero-order valence-corrected chi connectivity index (χ0v) is 50.5. The molecule has 0 radical (unpaired) electrons. The van der Waals surface area contributed by atoms with Gasteiger partial charge in [-0.3, -0.25) is 0 Å². The van der Waals surface area contributed by atoms with Crippen molar-refractivity contribution in [1.29, 1.82) is 0 Å². The summed E-state index contributed by atoms with van der Waals surface area (Å²) in [7, 11) is 0. The first-order valence-electron chi connectivity index (χ1n) is 28.0. The Morgan fingerprint density at radius 3 is 0.667 bits per heavy atom. The number of rotatable bonds is 4. The number of phenols is 5. The lowest BCUT2D eigenvalue weighted by atomic mass is 9.79. The number of hydrogen-bond acceptors (Lipinski definition) is 8. The number of hydrogen-bond donors (Lipinski definition) is 5. The van der Waals surface area contributed by atoms with E-state index in [1.165, 1.54) is 0 Å². The highest BCUT2D eigenvalue weighted by Crippen LogP contribution is 2.45. The van der Waals surface area contributed by atoms with Crippen LogP contribution in [0, 0.1) is 0 Å². The maximum absolute atomic E-state index is 13.2. The third-order valence-electron chi connectivity index (χ3n) is 15.7. The molecule has 8 heteroatoms. The summed E-state index contributed by atoms with van der Waals surface area (Å²) in [5.74, 6) is 0.445. The van der Waals surface area contributed by atoms with Gasteiger partial charge in [-0.25, -0.2) is 4.79 Å². The Morgan fingerprint density at radius 2 is 0.500 bits per heavy atom. The summed E-state index contributed by atoms with van der Waals surface area (Å²) in [4.78, 5) is 13.2. The lowest BCUT2D eigenvalue weighted by molar-refractivity contribution is -0.145. The number of fused-ring (bicyclic) bond motifs is 12. The van der Waals surface area contributed by atoms with Crippen molar-refractivity contribution in [2.45, 2.75) is 203 Å². The van der Waals surface area contributed by atoms with Crippen LogP contribution in [-0.2, 0) is 80.5 Å². The normalized spacial score (nSPS) is 13.9. The molecule has 7 rings (SSSR count). The number of carbonyl (C=O) groups excluding carboxylic acids is 1. The third kappa shape index (κ3) is 13.2. The summed E-state index contributed by atoms with van der Waals surface area (Å²) in [6, 6.07) is 24.7. The molecule has 6 aromatic rings. The fourth-order valence-electron chi connectivity index (χ4n) is 10.5. The molecule has 78 heavy (non-hydrogen) atoms. The van der Waals surface area contributed by atoms with Crippen LogP contribution in [0.3, 0.4) is 0 Å². The molecule has 0 amide bonds. The number of ether oxygens (including phenoxy) is 2. The first-order valence-corrected chi connectivity index (χ1v) is 28.0. The van der Waals surface area contributed by atoms with Crippen LogP contribution in [0.5, 0.6) is 34.5 Å². The van der Waals surface area contributed by atoms with Crippen molar-refractivity contribution in [3.63, 3.8) is 0 Å². The molecule has 0 aliphatic heterocycles. The van der Waals surface area contributed by atoms with Gasteiger partial charge in [-0.2, -0.15) is 0 Å². The second-order valence-electron chi connectivity index (χ2n) is 28.5. The SMILES string of the molecule is CCOC(=O)COc1c2cc(C(C)(C)C)cc1Cc1cc(C(C)(C)C)cc(c1O)Cc1cc(C(C)(C)C)cc(c1O)Cc1cc(C(C)(C)C)cc(c1O)Cc1cc(C(C)(C)C)cc(c1O)Cc1cc(C(C)(C)C)cc(c1O)C2. The van der Waals surface area contributed by atoms with Crippen LogP contribution < -0.4 is 4.74 Å². The van der Waals surface area contributed by atoms with Crippen molar-refractivity contribution >= 4 is 5.97 Å². The lowest BCUT2D eigenvalue weighted by Crippen LogP contribution is -2.18. The van der Waals surface area contributed by atoms with E-state index >= 15 is 0 Å². The molecule has 6 aromatic carbocycles. The Morgan fingerprint density at radius 1 is 0.333 bits per heavy atom. The van der Waals surface area contributed by atoms with Gasteiger partial charge < -0.3 is 35.0 Å². The highest BCUT2D eigenvalue weighted by molar-refractivity contribution is 5.71. The second kappa shape index (κ2) is 21.3. The van der Waals surface area contributed by atoms with Crippen molar-refractivity contribution < 1.29 is 39.8 Å². The number of benzene rings is 6. The predicted octanol–water partition coefficient (Wildman–Crippen LogP) is 15.8. The van der Waals surface area contributed by atoms with Gasteiger partial charge in [-0.15, -0.1) is 0 Å². The molecule has 0 saturated heterocycles. The highest BCUT2D eigenvalue weighted by atomic mass is 16.6. The Bertz CT molecular complexity index is 3070. The van der Waals surface area contributed by atoms with E-state index in [-0.39, 0.29) is 113 Å². The van der Waals surface area contributed by atoms with Crippen LogP contribution in [0.2, 0.25) is 0 Å². The average molecular weight is 1060 g/mol. The summed E-state index contributed by atoms with van der Waals surface area (Å²) < 4.78 is 12.0. The van der Waals surface area contributed by atoms with E-state index in [4.69, 9.17) is 9.47 Å². The molecular formula is C70H90O8. The smallest absolute Gasteiger partial charge is 0.344 e. The molecule has 5 N–H and O–H groups in total. The van der Waals surface area contributed by atoms with E-state index in [2.05, 4.69) is 149 Å². The fraction of sp³-hybridized carbons (Fsp3) is 0.471. The Labute approximate surface area is 466 Å². The number of phenolic OH excluding ortho intramolecular Hbond substituents is 5. The molecule has 0 unspecified atom stereocenters. The molecule has 0 aromatic heterocycles. The molecular weight excluding hydrogens is 969 g/mol. The molecule has 0 spiro atoms. The van der Waals surface area contributed by atoms with Gasteiger partial charge >= 0.3 is 5.97 Å². The van der Waals surface area contributed by atoms with E-state index < -0.39 is 5.97 Å². The van der Waals surface area contributed by atoms with Gasteiger partial charge in [0.15, 0.2) is 6.61 Å². The molecule has 0 fully saturated rings. The van der Waals surface area contributed by atoms with Gasteiger partial charge in [-0.1, -0.05) is 197 Å². The summed E-state index contributed by atoms with van der Waals surface area (Å²) in [6.45, 7) is 40.3. The van der Waals surface area contributed by atoms with Gasteiger partial charge in [0.2, 0.25) is 0 Å². The van der Waals surface area contributed by atoms with Crippen molar-refractivity contribution in [1.82, 2.24) is 0 Å². The topological polar surface area (TPSA) is 137 Å². The summed E-state index contributed by atoms with van der Waals surface area (Å²) >= 11 is 0. The Kier molecular flexibility index (Phi) is 16.2. The van der Waals surface area contributed by atoms with E-state index in [0.717, 1.165) is 44.5 Å². The molecule has 0 atom stereocenters. The van der Waals surface area contributed by atoms with Gasteiger partial charge in [0.05, 0.1) is 6.61 Å². The molecule has 0 heterocycles. The largest absolute Gasteiger partial charge is 0.507 e. The van der Waals surface area contributed by atoms with Crippen molar-refractivity contribution in [2.75, 3.05) is 13.2 Å². The first kappa shape index (κ1) is 59.3. The standard InChI is InChI=1S/C70H90O8/c1-20-77-58(71)39-78-64-50-25-48-35-55(68(11,12)13)33-46(62(48)75)23-44-31-53(66(5,6)7)29-42(60(44)73)21-40-27-52(65(2,3)4)28-41(59(40)72)22-43-30-54(67(8,9)10)32-45(61(43)74)24-47-34-56(69(14,15)16)36-49(63(47)76)26-51(64)38-57(37-50)70(17,18)19/h27-38,72-76H,20-26,39H2,1-19H3. The molecule has 1 aliphatic carbocycles. The molecule has 12 bridgehead atoms. The van der Waals surface area contributed by atoms with E-state index in [9.17, 15) is 30.3 Å².